The van der Waals surface area contributed by atoms with Gasteiger partial charge in [0, 0.05) is 19.6 Å². The molecular weight excluding hydrogens is 288 g/mol. The lowest BCUT2D eigenvalue weighted by Gasteiger charge is -2.38. The van der Waals surface area contributed by atoms with E-state index in [-0.39, 0.29) is 0 Å². The van der Waals surface area contributed by atoms with Crippen LogP contribution in [0.15, 0.2) is 53.5 Å². The predicted octanol–water partition coefficient (Wildman–Crippen LogP) is 2.84. The molecule has 0 atom stereocenters. The molecule has 2 aromatic heterocycles. The molecule has 4 rings (SSSR count). The van der Waals surface area contributed by atoms with Gasteiger partial charge in [-0.1, -0.05) is 23.4 Å². The Hall–Kier alpha value is -2.40. The number of rotatable bonds is 5. The molecule has 0 N–H and O–H groups in total. The van der Waals surface area contributed by atoms with E-state index in [9.17, 15) is 0 Å². The van der Waals surface area contributed by atoms with Crippen molar-refractivity contribution < 1.29 is 4.42 Å². The van der Waals surface area contributed by atoms with Gasteiger partial charge in [-0.3, -0.25) is 4.90 Å². The third-order valence-corrected chi connectivity index (χ3v) is 4.43. The molecule has 0 aliphatic carbocycles. The Bertz CT molecular complexity index is 772. The summed E-state index contributed by atoms with van der Waals surface area (Å²) >= 11 is 0. The Balaban J connectivity index is 1.34. The minimum atomic E-state index is 0.721. The van der Waals surface area contributed by atoms with Gasteiger partial charge in [-0.25, -0.2) is 4.68 Å². The Morgan fingerprint density at radius 3 is 2.87 bits per heavy atom. The number of aryl methyl sites for hydroxylation is 1. The van der Waals surface area contributed by atoms with Gasteiger partial charge in [0.2, 0.25) is 0 Å². The number of hydrogen-bond acceptors (Lipinski definition) is 4. The maximum Gasteiger partial charge on any atom is 0.0971 e. The number of benzene rings is 1. The Morgan fingerprint density at radius 1 is 1.22 bits per heavy atom. The number of hydrogen-bond donors (Lipinski definition) is 0. The van der Waals surface area contributed by atoms with E-state index in [0.717, 1.165) is 43.4 Å². The monoisotopic (exact) mass is 308 g/mol. The molecule has 23 heavy (non-hydrogen) atoms. The van der Waals surface area contributed by atoms with E-state index in [2.05, 4.69) is 40.3 Å². The molecule has 1 fully saturated rings. The molecule has 1 aromatic carbocycles. The Labute approximate surface area is 135 Å². The van der Waals surface area contributed by atoms with Gasteiger partial charge in [0.05, 0.1) is 30.1 Å². The minimum Gasteiger partial charge on any atom is -0.472 e. The zero-order valence-electron chi connectivity index (χ0n) is 13.2. The number of aromatic nitrogens is 3. The fraction of sp³-hybridized carbons (Fsp3) is 0.333. The Kier molecular flexibility index (Phi) is 3.71. The molecule has 0 spiro atoms. The first kappa shape index (κ1) is 14.2. The smallest absolute Gasteiger partial charge is 0.0971 e. The van der Waals surface area contributed by atoms with E-state index in [1.165, 1.54) is 11.1 Å². The van der Waals surface area contributed by atoms with Crippen molar-refractivity contribution in [2.75, 3.05) is 13.1 Å². The summed E-state index contributed by atoms with van der Waals surface area (Å²) in [6.45, 7) is 5.19. The molecule has 3 heterocycles. The van der Waals surface area contributed by atoms with Crippen molar-refractivity contribution in [1.82, 2.24) is 19.9 Å². The van der Waals surface area contributed by atoms with Gasteiger partial charge < -0.3 is 4.42 Å². The summed E-state index contributed by atoms with van der Waals surface area (Å²) < 4.78 is 6.99. The molecule has 0 radical (unpaired) electrons. The third-order valence-electron chi connectivity index (χ3n) is 4.43. The first-order chi connectivity index (χ1) is 11.3. The summed E-state index contributed by atoms with van der Waals surface area (Å²) in [4.78, 5) is 2.41. The lowest BCUT2D eigenvalue weighted by molar-refractivity contribution is 0.0910. The average Bonchev–Trinajstić information content (AvgIpc) is 3.17. The number of furan rings is 1. The van der Waals surface area contributed by atoms with Gasteiger partial charge in [-0.05, 0) is 42.5 Å². The maximum absolute atomic E-state index is 5.13. The predicted molar refractivity (Wildman–Crippen MR) is 87.3 cm³/mol. The summed E-state index contributed by atoms with van der Waals surface area (Å²) in [5, 5.41) is 8.58. The van der Waals surface area contributed by atoms with Gasteiger partial charge in [0.25, 0.3) is 0 Å². The van der Waals surface area contributed by atoms with Crippen LogP contribution in [0, 0.1) is 12.8 Å². The highest BCUT2D eigenvalue weighted by atomic mass is 16.3. The highest BCUT2D eigenvalue weighted by Gasteiger charge is 2.27. The third kappa shape index (κ3) is 3.05. The van der Waals surface area contributed by atoms with Crippen LogP contribution in [0.4, 0.5) is 0 Å². The molecule has 0 bridgehead atoms. The van der Waals surface area contributed by atoms with Crippen LogP contribution < -0.4 is 0 Å². The zero-order valence-corrected chi connectivity index (χ0v) is 13.2. The van der Waals surface area contributed by atoms with E-state index in [1.807, 2.05) is 29.3 Å². The minimum absolute atomic E-state index is 0.721. The number of nitrogens with zero attached hydrogens (tertiary/aromatic N) is 4. The topological polar surface area (TPSA) is 47.1 Å². The van der Waals surface area contributed by atoms with Crippen molar-refractivity contribution in [3.05, 3.63) is 65.9 Å². The fourth-order valence-corrected chi connectivity index (χ4v) is 3.22. The van der Waals surface area contributed by atoms with Crippen LogP contribution in [-0.4, -0.2) is 33.0 Å². The summed E-state index contributed by atoms with van der Waals surface area (Å²) in [7, 11) is 0. The van der Waals surface area contributed by atoms with Crippen molar-refractivity contribution in [3.8, 4) is 5.69 Å². The molecule has 1 saturated heterocycles. The summed E-state index contributed by atoms with van der Waals surface area (Å²) in [5.74, 6) is 0.721. The molecule has 3 aromatic rings. The summed E-state index contributed by atoms with van der Waals surface area (Å²) in [6, 6.07) is 10.3. The molecule has 5 heteroatoms. The molecular formula is C18H20N4O. The first-order valence-corrected chi connectivity index (χ1v) is 7.98. The second-order valence-corrected chi connectivity index (χ2v) is 6.34. The summed E-state index contributed by atoms with van der Waals surface area (Å²) in [5.41, 5.74) is 4.61. The second-order valence-electron chi connectivity index (χ2n) is 6.34. The van der Waals surface area contributed by atoms with Gasteiger partial charge in [0.15, 0.2) is 0 Å². The van der Waals surface area contributed by atoms with Gasteiger partial charge >= 0.3 is 0 Å². The molecule has 0 unspecified atom stereocenters. The van der Waals surface area contributed by atoms with E-state index >= 15 is 0 Å². The lowest BCUT2D eigenvalue weighted by Crippen LogP contribution is -2.46. The Morgan fingerprint density at radius 2 is 2.09 bits per heavy atom. The lowest BCUT2D eigenvalue weighted by atomic mass is 9.93. The van der Waals surface area contributed by atoms with Crippen LogP contribution in [0.5, 0.6) is 0 Å². The van der Waals surface area contributed by atoms with Crippen molar-refractivity contribution >= 4 is 0 Å². The van der Waals surface area contributed by atoms with Crippen LogP contribution in [0.2, 0.25) is 0 Å². The normalized spacial score (nSPS) is 15.7. The highest BCUT2D eigenvalue weighted by Crippen LogP contribution is 2.22. The molecule has 118 valence electrons. The van der Waals surface area contributed by atoms with Gasteiger partial charge in [-0.15, -0.1) is 5.10 Å². The average molecular weight is 308 g/mol. The second kappa shape index (κ2) is 6.01. The van der Waals surface area contributed by atoms with Crippen LogP contribution in [0.1, 0.15) is 16.8 Å². The van der Waals surface area contributed by atoms with Crippen molar-refractivity contribution in [3.63, 3.8) is 0 Å². The summed E-state index contributed by atoms with van der Waals surface area (Å²) in [6.07, 6.45) is 6.72. The van der Waals surface area contributed by atoms with E-state index in [0.29, 0.717) is 0 Å². The quantitative estimate of drug-likeness (QED) is 0.727. The van der Waals surface area contributed by atoms with E-state index < -0.39 is 0 Å². The number of likely N-dealkylation sites (tertiary alicyclic amines) is 1. The van der Waals surface area contributed by atoms with Crippen molar-refractivity contribution in [1.29, 1.82) is 0 Å². The first-order valence-electron chi connectivity index (χ1n) is 7.98. The van der Waals surface area contributed by atoms with Crippen molar-refractivity contribution in [2.24, 2.45) is 5.92 Å². The fourth-order valence-electron chi connectivity index (χ4n) is 3.22. The molecule has 1 aliphatic rings. The molecule has 0 saturated carbocycles. The van der Waals surface area contributed by atoms with Gasteiger partial charge in [0.1, 0.15) is 0 Å². The molecule has 0 amide bonds. The number of para-hydroxylation sites is 1. The zero-order chi connectivity index (χ0) is 15.6. The SMILES string of the molecule is Cc1ccccc1-n1cc(CN2CC(Cc3ccoc3)C2)nn1. The van der Waals surface area contributed by atoms with Crippen LogP contribution in [0.25, 0.3) is 5.69 Å². The van der Waals surface area contributed by atoms with Gasteiger partial charge in [-0.2, -0.15) is 0 Å². The molecule has 5 nitrogen and oxygen atoms in total. The maximum atomic E-state index is 5.13. The molecule has 1 aliphatic heterocycles. The van der Waals surface area contributed by atoms with Crippen molar-refractivity contribution in [2.45, 2.75) is 19.9 Å². The standard InChI is InChI=1S/C18H20N4O/c1-14-4-2-3-5-18(14)22-12-17(19-20-22)11-21-9-16(10-21)8-15-6-7-23-13-15/h2-7,12-13,16H,8-11H2,1H3. The van der Waals surface area contributed by atoms with E-state index in [1.54, 1.807) is 6.26 Å². The van der Waals surface area contributed by atoms with E-state index in [4.69, 9.17) is 4.42 Å². The van der Waals surface area contributed by atoms with Crippen LogP contribution in [-0.2, 0) is 13.0 Å². The van der Waals surface area contributed by atoms with Crippen LogP contribution in [0.3, 0.4) is 0 Å². The largest absolute Gasteiger partial charge is 0.472 e. The highest BCUT2D eigenvalue weighted by molar-refractivity contribution is 5.38. The van der Waals surface area contributed by atoms with Crippen LogP contribution >= 0.6 is 0 Å².